The second-order valence-corrected chi connectivity index (χ2v) is 10.3. The van der Waals surface area contributed by atoms with E-state index in [9.17, 15) is 19.2 Å². The molecular weight excluding hydrogens is 350 g/mol. The van der Waals surface area contributed by atoms with Crippen molar-refractivity contribution in [2.24, 2.45) is 5.73 Å². The minimum absolute atomic E-state index is 0.0620. The van der Waals surface area contributed by atoms with Gasteiger partial charge in [-0.25, -0.2) is 10.0 Å². The van der Waals surface area contributed by atoms with Crippen molar-refractivity contribution in [2.75, 3.05) is 30.6 Å². The molecule has 2 atom stereocenters. The van der Waals surface area contributed by atoms with Crippen LogP contribution in [0.2, 0.25) is 0 Å². The topological polar surface area (TPSA) is 159 Å². The number of nitrogens with two attached hydrogens (primary N) is 1. The van der Waals surface area contributed by atoms with Gasteiger partial charge in [-0.05, 0) is 24.7 Å². The fourth-order valence-electron chi connectivity index (χ4n) is 1.98. The van der Waals surface area contributed by atoms with Gasteiger partial charge in [0.25, 0.3) is 0 Å². The minimum Gasteiger partial charge on any atom is -0.480 e. The van der Waals surface area contributed by atoms with Gasteiger partial charge < -0.3 is 26.6 Å². The molecule has 0 aromatic heterocycles. The first kappa shape index (κ1) is 22.9. The molecule has 6 N–H and O–H groups in total. The Morgan fingerprint density at radius 1 is 1.24 bits per heavy atom. The molecule has 0 heterocycles. The predicted molar refractivity (Wildman–Crippen MR) is 96.8 cm³/mol. The second kappa shape index (κ2) is 10.7. The smallest absolute Gasteiger partial charge is 0.322 e. The lowest BCUT2D eigenvalue weighted by atomic mass is 10.1. The van der Waals surface area contributed by atoms with Crippen LogP contribution in [0, 0.1) is 0 Å². The van der Waals surface area contributed by atoms with E-state index in [1.54, 1.807) is 6.08 Å². The summed E-state index contributed by atoms with van der Waals surface area (Å²) in [5, 5.41) is 22.2. The maximum Gasteiger partial charge on any atom is 0.322 e. The van der Waals surface area contributed by atoms with Crippen LogP contribution < -0.4 is 16.4 Å². The molecule has 0 rings (SSSR count). The molecule has 144 valence electrons. The minimum atomic E-state index is -1.26. The van der Waals surface area contributed by atoms with Gasteiger partial charge in [-0.15, -0.1) is 6.58 Å². The first-order valence-corrected chi connectivity index (χ1v) is 10.3. The summed E-state index contributed by atoms with van der Waals surface area (Å²) in [6.07, 6.45) is 5.47. The summed E-state index contributed by atoms with van der Waals surface area (Å²) in [6.45, 7) is 3.12. The lowest BCUT2D eigenvalue weighted by molar-refractivity contribution is -0.139. The van der Waals surface area contributed by atoms with E-state index < -0.39 is 52.4 Å². The molecule has 0 aromatic rings. The third-order valence-electron chi connectivity index (χ3n) is 3.25. The Hall–Kier alpha value is -2.07. The van der Waals surface area contributed by atoms with Crippen molar-refractivity contribution < 1.29 is 29.4 Å². The summed E-state index contributed by atoms with van der Waals surface area (Å²) in [6, 6.07) is -2.06. The molecule has 0 fully saturated rings. The molecule has 0 saturated heterocycles. The zero-order chi connectivity index (χ0) is 19.6. The van der Waals surface area contributed by atoms with Gasteiger partial charge in [-0.3, -0.25) is 19.2 Å². The van der Waals surface area contributed by atoms with E-state index in [-0.39, 0.29) is 12.8 Å². The highest BCUT2D eigenvalue weighted by Gasteiger charge is 2.26. The molecule has 0 aromatic carbocycles. The van der Waals surface area contributed by atoms with E-state index in [0.717, 1.165) is 0 Å². The Bertz CT molecular complexity index is 523. The number of nitrogens with one attached hydrogen (secondary N) is 2. The predicted octanol–water partition coefficient (Wildman–Crippen LogP) is -0.886. The van der Waals surface area contributed by atoms with Crippen LogP contribution in [-0.2, 0) is 19.2 Å². The van der Waals surface area contributed by atoms with Gasteiger partial charge in [0.15, 0.2) is 0 Å². The van der Waals surface area contributed by atoms with Gasteiger partial charge in [-0.2, -0.15) is 0 Å². The highest BCUT2D eigenvalue weighted by molar-refractivity contribution is 8.32. The Morgan fingerprint density at radius 3 is 2.32 bits per heavy atom. The van der Waals surface area contributed by atoms with Gasteiger partial charge >= 0.3 is 11.9 Å². The number of carboxylic acids is 2. The van der Waals surface area contributed by atoms with Gasteiger partial charge in [0.05, 0.1) is 0 Å². The fraction of sp³-hybridized carbons (Fsp3) is 0.600. The van der Waals surface area contributed by atoms with E-state index in [4.69, 9.17) is 15.9 Å². The van der Waals surface area contributed by atoms with Crippen LogP contribution in [-0.4, -0.2) is 76.6 Å². The van der Waals surface area contributed by atoms with Crippen LogP contribution in [0.15, 0.2) is 12.7 Å². The highest BCUT2D eigenvalue weighted by Crippen LogP contribution is 2.40. The first-order valence-electron chi connectivity index (χ1n) is 7.55. The van der Waals surface area contributed by atoms with Gasteiger partial charge in [0.1, 0.15) is 18.6 Å². The number of hydrogen-bond acceptors (Lipinski definition) is 5. The Morgan fingerprint density at radius 2 is 1.84 bits per heavy atom. The van der Waals surface area contributed by atoms with Gasteiger partial charge in [0, 0.05) is 12.2 Å². The normalized spacial score (nSPS) is 14.0. The van der Waals surface area contributed by atoms with Crippen molar-refractivity contribution in [1.82, 2.24) is 10.6 Å². The van der Waals surface area contributed by atoms with Crippen molar-refractivity contribution in [3.8, 4) is 0 Å². The molecule has 0 aliphatic rings. The average molecular weight is 377 g/mol. The van der Waals surface area contributed by atoms with E-state index in [2.05, 4.69) is 17.2 Å². The molecule has 0 aliphatic carbocycles. The number of rotatable bonds is 12. The maximum atomic E-state index is 12.2. The fourth-order valence-corrected chi connectivity index (χ4v) is 3.89. The van der Waals surface area contributed by atoms with Crippen LogP contribution >= 0.6 is 10.0 Å². The van der Waals surface area contributed by atoms with Crippen LogP contribution in [0.3, 0.4) is 0 Å². The standard InChI is InChI=1S/C15H27N3O6S/c1-4-7-25(2,3)9-11(14(22)17-8-13(20)21)18-12(19)6-5-10(16)15(23)24/h4,10-11H,1,5-9,16H2,2-3H3,(H,17,22)(H,18,19)(H,20,21)(H,23,24)/t10-,11-/m0/s1. The van der Waals surface area contributed by atoms with Gasteiger partial charge in [-0.1, -0.05) is 6.08 Å². The van der Waals surface area contributed by atoms with E-state index in [1.807, 2.05) is 12.5 Å². The Balaban J connectivity index is 4.89. The molecule has 0 unspecified atom stereocenters. The molecule has 2 amide bonds. The van der Waals surface area contributed by atoms with Crippen LogP contribution in [0.5, 0.6) is 0 Å². The molecule has 0 spiro atoms. The molecule has 25 heavy (non-hydrogen) atoms. The number of aliphatic carboxylic acids is 2. The van der Waals surface area contributed by atoms with E-state index in [1.165, 1.54) is 0 Å². The number of carboxylic acid groups (broad SMARTS) is 2. The molecule has 9 nitrogen and oxygen atoms in total. The monoisotopic (exact) mass is 377 g/mol. The Labute approximate surface area is 148 Å². The number of carbonyl (C=O) groups excluding carboxylic acids is 2. The molecule has 0 radical (unpaired) electrons. The zero-order valence-electron chi connectivity index (χ0n) is 14.5. The summed E-state index contributed by atoms with van der Waals surface area (Å²) < 4.78 is 0. The first-order chi connectivity index (χ1) is 11.5. The van der Waals surface area contributed by atoms with E-state index in [0.29, 0.717) is 11.5 Å². The van der Waals surface area contributed by atoms with Crippen molar-refractivity contribution in [1.29, 1.82) is 0 Å². The number of hydrogen-bond donors (Lipinski definition) is 5. The SMILES string of the molecule is C=CCS(C)(C)C[C@H](NC(=O)CC[C@H](N)C(=O)O)C(=O)NCC(=O)O. The second-order valence-electron chi connectivity index (χ2n) is 6.10. The van der Waals surface area contributed by atoms with Crippen molar-refractivity contribution in [2.45, 2.75) is 24.9 Å². The van der Waals surface area contributed by atoms with Crippen LogP contribution in [0.25, 0.3) is 0 Å². The summed E-state index contributed by atoms with van der Waals surface area (Å²) >= 11 is 0. The zero-order valence-corrected chi connectivity index (χ0v) is 15.3. The Kier molecular flexibility index (Phi) is 9.84. The number of carbonyl (C=O) groups is 4. The quantitative estimate of drug-likeness (QED) is 0.276. The summed E-state index contributed by atoms with van der Waals surface area (Å²) in [5.74, 6) is -2.48. The van der Waals surface area contributed by atoms with Crippen LogP contribution in [0.1, 0.15) is 12.8 Å². The molecular formula is C15H27N3O6S. The lowest BCUT2D eigenvalue weighted by Gasteiger charge is -2.33. The van der Waals surface area contributed by atoms with Gasteiger partial charge in [0.2, 0.25) is 11.8 Å². The molecule has 10 heteroatoms. The molecule has 0 aliphatic heterocycles. The largest absolute Gasteiger partial charge is 0.480 e. The third-order valence-corrected chi connectivity index (χ3v) is 5.63. The van der Waals surface area contributed by atoms with E-state index >= 15 is 0 Å². The summed E-state index contributed by atoms with van der Waals surface area (Å²) in [7, 11) is -1.26. The van der Waals surface area contributed by atoms with Crippen molar-refractivity contribution in [3.63, 3.8) is 0 Å². The number of amides is 2. The summed E-state index contributed by atoms with van der Waals surface area (Å²) in [5.41, 5.74) is 5.35. The molecule has 0 saturated carbocycles. The molecule has 0 bridgehead atoms. The lowest BCUT2D eigenvalue weighted by Crippen LogP contribution is -2.50. The third kappa shape index (κ3) is 10.4. The van der Waals surface area contributed by atoms with Crippen LogP contribution in [0.4, 0.5) is 0 Å². The average Bonchev–Trinajstić information content (AvgIpc) is 2.48. The van der Waals surface area contributed by atoms with Crippen molar-refractivity contribution in [3.05, 3.63) is 12.7 Å². The maximum absolute atomic E-state index is 12.2. The highest BCUT2D eigenvalue weighted by atomic mass is 32.3. The summed E-state index contributed by atoms with van der Waals surface area (Å²) in [4.78, 5) is 45.5. The van der Waals surface area contributed by atoms with Crippen molar-refractivity contribution >= 4 is 33.8 Å².